The molecule has 0 radical (unpaired) electrons. The first-order chi connectivity index (χ1) is 14.0. The molecule has 1 aliphatic heterocycles. The van der Waals surface area contributed by atoms with Gasteiger partial charge in [-0.15, -0.1) is 0 Å². The number of piperazine rings is 1. The van der Waals surface area contributed by atoms with Gasteiger partial charge in [0.15, 0.2) is 0 Å². The Bertz CT molecular complexity index is 950. The lowest BCUT2D eigenvalue weighted by Crippen LogP contribution is -2.50. The fourth-order valence-corrected chi connectivity index (χ4v) is 3.14. The molecular formula is C19H19N6O4-. The standard InChI is InChI=1S/C19H19N6O4/c20-12-13-2-1-3-14(10-13)21-19(27)25-8-6-24(7-9-25)17-5-4-15(22-28)11-16(17)18(26)23-29/h1-5,10-11,22,29H,6-9H2,(H,21,27)(H,23,26)/q-1. The summed E-state index contributed by atoms with van der Waals surface area (Å²) in [5.41, 5.74) is 5.20. The average molecular weight is 395 g/mol. The van der Waals surface area contributed by atoms with E-state index in [1.165, 1.54) is 12.1 Å². The molecule has 0 bridgehead atoms. The van der Waals surface area contributed by atoms with Crippen molar-refractivity contribution in [3.63, 3.8) is 0 Å². The number of benzene rings is 2. The molecule has 0 aromatic heterocycles. The average Bonchev–Trinajstić information content (AvgIpc) is 2.78. The maximum absolute atomic E-state index is 12.5. The van der Waals surface area contributed by atoms with Crippen LogP contribution in [-0.4, -0.2) is 48.2 Å². The second kappa shape index (κ2) is 8.92. The van der Waals surface area contributed by atoms with E-state index in [0.29, 0.717) is 43.1 Å². The highest BCUT2D eigenvalue weighted by Gasteiger charge is 2.24. The number of hydroxylamine groups is 1. The van der Waals surface area contributed by atoms with Crippen molar-refractivity contribution in [3.05, 3.63) is 58.8 Å². The van der Waals surface area contributed by atoms with Crippen molar-refractivity contribution in [1.82, 2.24) is 10.4 Å². The van der Waals surface area contributed by atoms with Crippen LogP contribution in [0.5, 0.6) is 0 Å². The number of hydrogen-bond acceptors (Lipinski definition) is 7. The summed E-state index contributed by atoms with van der Waals surface area (Å²) in [6, 6.07) is 12.9. The molecule has 0 unspecified atom stereocenters. The van der Waals surface area contributed by atoms with Gasteiger partial charge in [0.25, 0.3) is 5.91 Å². The Hall–Kier alpha value is -3.81. The van der Waals surface area contributed by atoms with Crippen LogP contribution >= 0.6 is 0 Å². The number of hydrogen-bond donors (Lipinski definition) is 4. The fourth-order valence-electron chi connectivity index (χ4n) is 3.14. The van der Waals surface area contributed by atoms with Crippen molar-refractivity contribution in [2.24, 2.45) is 0 Å². The van der Waals surface area contributed by atoms with Crippen LogP contribution in [0.15, 0.2) is 42.5 Å². The van der Waals surface area contributed by atoms with Crippen LogP contribution in [-0.2, 0) is 0 Å². The zero-order chi connectivity index (χ0) is 20.8. The smallest absolute Gasteiger partial charge is 0.321 e. The quantitative estimate of drug-likeness (QED) is 0.457. The summed E-state index contributed by atoms with van der Waals surface area (Å²) in [5, 5.41) is 31.6. The van der Waals surface area contributed by atoms with Crippen molar-refractivity contribution in [1.29, 1.82) is 5.26 Å². The maximum Gasteiger partial charge on any atom is 0.321 e. The van der Waals surface area contributed by atoms with E-state index in [9.17, 15) is 14.8 Å². The minimum absolute atomic E-state index is 0.152. The number of amides is 3. The third kappa shape index (κ3) is 4.55. The summed E-state index contributed by atoms with van der Waals surface area (Å²) in [5.74, 6) is -0.727. The lowest BCUT2D eigenvalue weighted by atomic mass is 10.1. The Morgan fingerprint density at radius 3 is 2.48 bits per heavy atom. The molecule has 1 heterocycles. The first-order valence-corrected chi connectivity index (χ1v) is 8.83. The van der Waals surface area contributed by atoms with Crippen molar-refractivity contribution in [3.8, 4) is 6.07 Å². The largest absolute Gasteiger partial charge is 0.761 e. The van der Waals surface area contributed by atoms with Crippen LogP contribution in [0.2, 0.25) is 0 Å². The van der Waals surface area contributed by atoms with Gasteiger partial charge in [0, 0.05) is 43.2 Å². The third-order valence-electron chi connectivity index (χ3n) is 4.61. The van der Waals surface area contributed by atoms with E-state index in [1.807, 2.05) is 11.0 Å². The number of nitrogens with zero attached hydrogens (tertiary/aromatic N) is 3. The minimum Gasteiger partial charge on any atom is -0.761 e. The van der Waals surface area contributed by atoms with Crippen LogP contribution in [0.1, 0.15) is 15.9 Å². The van der Waals surface area contributed by atoms with E-state index in [4.69, 9.17) is 10.5 Å². The first kappa shape index (κ1) is 19.9. The molecule has 3 amide bonds. The summed E-state index contributed by atoms with van der Waals surface area (Å²) in [6.07, 6.45) is 0. The predicted octanol–water partition coefficient (Wildman–Crippen LogP) is 1.94. The lowest BCUT2D eigenvalue weighted by molar-refractivity contribution is 0.0706. The minimum atomic E-state index is -0.727. The molecular weight excluding hydrogens is 376 g/mol. The van der Waals surface area contributed by atoms with Gasteiger partial charge >= 0.3 is 6.03 Å². The molecule has 10 heteroatoms. The first-order valence-electron chi connectivity index (χ1n) is 8.83. The molecule has 0 spiro atoms. The van der Waals surface area contributed by atoms with Gasteiger partial charge in [-0.05, 0) is 36.4 Å². The Balaban J connectivity index is 1.66. The maximum atomic E-state index is 12.5. The lowest BCUT2D eigenvalue weighted by Gasteiger charge is -2.37. The third-order valence-corrected chi connectivity index (χ3v) is 4.61. The van der Waals surface area contributed by atoms with Gasteiger partial charge in [-0.2, -0.15) is 5.26 Å². The zero-order valence-corrected chi connectivity index (χ0v) is 15.4. The van der Waals surface area contributed by atoms with Crippen molar-refractivity contribution in [2.45, 2.75) is 0 Å². The van der Waals surface area contributed by atoms with Crippen LogP contribution in [0.3, 0.4) is 0 Å². The van der Waals surface area contributed by atoms with Crippen molar-refractivity contribution in [2.75, 3.05) is 41.9 Å². The zero-order valence-electron chi connectivity index (χ0n) is 15.4. The highest BCUT2D eigenvalue weighted by molar-refractivity contribution is 6.00. The fraction of sp³-hybridized carbons (Fsp3) is 0.211. The van der Waals surface area contributed by atoms with E-state index in [-0.39, 0.29) is 17.3 Å². The van der Waals surface area contributed by atoms with Crippen molar-refractivity contribution >= 4 is 29.0 Å². The Morgan fingerprint density at radius 2 is 1.83 bits per heavy atom. The molecule has 0 atom stereocenters. The SMILES string of the molecule is N#Cc1cccc(NC(=O)N2CCN(c3ccc(N[O-])cc3C(=O)NO)CC2)c1. The number of carbonyl (C=O) groups excluding carboxylic acids is 2. The molecule has 2 aromatic carbocycles. The van der Waals surface area contributed by atoms with Gasteiger partial charge in [0.2, 0.25) is 0 Å². The molecule has 150 valence electrons. The van der Waals surface area contributed by atoms with E-state index in [2.05, 4.69) is 5.32 Å². The van der Waals surface area contributed by atoms with Crippen LogP contribution in [0.25, 0.3) is 0 Å². The van der Waals surface area contributed by atoms with Crippen LogP contribution in [0.4, 0.5) is 21.9 Å². The van der Waals surface area contributed by atoms with Gasteiger partial charge in [-0.3, -0.25) is 10.0 Å². The Morgan fingerprint density at radius 1 is 1.07 bits per heavy atom. The highest BCUT2D eigenvalue weighted by atomic mass is 16.5. The number of anilines is 3. The molecule has 1 saturated heterocycles. The molecule has 10 nitrogen and oxygen atoms in total. The van der Waals surface area contributed by atoms with E-state index < -0.39 is 5.91 Å². The van der Waals surface area contributed by atoms with Gasteiger partial charge in [-0.1, -0.05) is 6.07 Å². The normalized spacial score (nSPS) is 13.4. The summed E-state index contributed by atoms with van der Waals surface area (Å²) >= 11 is 0. The summed E-state index contributed by atoms with van der Waals surface area (Å²) in [4.78, 5) is 28.0. The summed E-state index contributed by atoms with van der Waals surface area (Å²) in [6.45, 7) is 1.74. The molecule has 29 heavy (non-hydrogen) atoms. The number of nitrogens with one attached hydrogen (secondary N) is 3. The molecule has 0 aliphatic carbocycles. The number of nitriles is 1. The molecule has 1 fully saturated rings. The summed E-state index contributed by atoms with van der Waals surface area (Å²) in [7, 11) is 0. The van der Waals surface area contributed by atoms with Crippen molar-refractivity contribution < 1.29 is 14.8 Å². The number of carbonyl (C=O) groups is 2. The highest BCUT2D eigenvalue weighted by Crippen LogP contribution is 2.26. The van der Waals surface area contributed by atoms with E-state index in [0.717, 1.165) is 0 Å². The molecule has 4 N–H and O–H groups in total. The molecule has 0 saturated carbocycles. The Kier molecular flexibility index (Phi) is 6.13. The second-order valence-electron chi connectivity index (χ2n) is 6.37. The van der Waals surface area contributed by atoms with E-state index >= 15 is 0 Å². The van der Waals surface area contributed by atoms with Crippen LogP contribution < -0.4 is 21.2 Å². The predicted molar refractivity (Wildman–Crippen MR) is 107 cm³/mol. The topological polar surface area (TPSA) is 144 Å². The van der Waals surface area contributed by atoms with Gasteiger partial charge < -0.3 is 25.8 Å². The summed E-state index contributed by atoms with van der Waals surface area (Å²) < 4.78 is 0. The molecule has 1 aliphatic rings. The molecule has 3 rings (SSSR count). The monoisotopic (exact) mass is 395 g/mol. The number of urea groups is 1. The number of rotatable bonds is 4. The Labute approximate surface area is 166 Å². The van der Waals surface area contributed by atoms with E-state index in [1.54, 1.807) is 46.2 Å². The van der Waals surface area contributed by atoms with Gasteiger partial charge in [0.05, 0.1) is 17.2 Å². The molecule has 2 aromatic rings. The van der Waals surface area contributed by atoms with Crippen LogP contribution in [0, 0.1) is 16.5 Å². The van der Waals surface area contributed by atoms with Gasteiger partial charge in [-0.25, -0.2) is 10.3 Å². The van der Waals surface area contributed by atoms with Gasteiger partial charge in [0.1, 0.15) is 0 Å². The second-order valence-corrected chi connectivity index (χ2v) is 6.37.